The van der Waals surface area contributed by atoms with Gasteiger partial charge in [0.05, 0.1) is 6.54 Å². The maximum absolute atomic E-state index is 12.6. The summed E-state index contributed by atoms with van der Waals surface area (Å²) in [5.41, 5.74) is 0.459. The lowest BCUT2D eigenvalue weighted by molar-refractivity contribution is -0.127. The maximum atomic E-state index is 12.6. The van der Waals surface area contributed by atoms with Crippen LogP contribution < -0.4 is 10.6 Å². The first-order valence-corrected chi connectivity index (χ1v) is 4.99. The molecule has 6 heteroatoms. The number of benzene rings is 1. The Morgan fingerprint density at radius 1 is 1.24 bits per heavy atom. The molecule has 0 aliphatic carbocycles. The minimum atomic E-state index is -0.508. The number of hydrogen-bond donors (Lipinski definition) is 2. The second kappa shape index (κ2) is 5.83. The highest BCUT2D eigenvalue weighted by atomic mass is 19.1. The normalized spacial score (nSPS) is 9.59. The molecule has 0 saturated heterocycles. The minimum absolute atomic E-state index is 0.0833. The highest BCUT2D eigenvalue weighted by molar-refractivity contribution is 5.92. The van der Waals surface area contributed by atoms with Gasteiger partial charge in [0, 0.05) is 19.8 Å². The summed E-state index contributed by atoms with van der Waals surface area (Å²) in [5, 5.41) is 4.87. The van der Waals surface area contributed by atoms with Crippen molar-refractivity contribution in [3.63, 3.8) is 0 Å². The molecule has 1 aromatic rings. The Kier molecular flexibility index (Phi) is 4.45. The first-order chi connectivity index (χ1) is 7.99. The molecule has 0 spiro atoms. The van der Waals surface area contributed by atoms with Gasteiger partial charge in [-0.15, -0.1) is 0 Å². The van der Waals surface area contributed by atoms with Crippen molar-refractivity contribution in [2.24, 2.45) is 0 Å². The highest BCUT2D eigenvalue weighted by Gasteiger charge is 2.06. The predicted octanol–water partition coefficient (Wildman–Crippen LogP) is 1.04. The fraction of sp³-hybridized carbons (Fsp3) is 0.273. The van der Waals surface area contributed by atoms with Crippen LogP contribution in [0.2, 0.25) is 0 Å². The van der Waals surface area contributed by atoms with Crippen LogP contribution in [0.25, 0.3) is 0 Å². The molecule has 92 valence electrons. The van der Waals surface area contributed by atoms with Gasteiger partial charge in [-0.25, -0.2) is 9.18 Å². The van der Waals surface area contributed by atoms with E-state index in [1.54, 1.807) is 14.1 Å². The van der Waals surface area contributed by atoms with Gasteiger partial charge in [0.15, 0.2) is 0 Å². The zero-order chi connectivity index (χ0) is 12.8. The molecule has 0 radical (unpaired) electrons. The SMILES string of the molecule is CN(C)C(=O)CNC(=O)Nc1ccc(F)cc1. The zero-order valence-electron chi connectivity index (χ0n) is 9.66. The summed E-state index contributed by atoms with van der Waals surface area (Å²) in [6.07, 6.45) is 0. The lowest BCUT2D eigenvalue weighted by atomic mass is 10.3. The molecular weight excluding hydrogens is 225 g/mol. The Bertz CT molecular complexity index is 404. The fourth-order valence-electron chi connectivity index (χ4n) is 1.02. The summed E-state index contributed by atoms with van der Waals surface area (Å²) < 4.78 is 12.6. The molecular formula is C11H14FN3O2. The van der Waals surface area contributed by atoms with E-state index in [9.17, 15) is 14.0 Å². The van der Waals surface area contributed by atoms with Crippen LogP contribution in [0.4, 0.5) is 14.9 Å². The third-order valence-electron chi connectivity index (χ3n) is 2.00. The number of halogens is 1. The zero-order valence-corrected chi connectivity index (χ0v) is 9.66. The van der Waals surface area contributed by atoms with E-state index in [1.807, 2.05) is 0 Å². The average Bonchev–Trinajstić information content (AvgIpc) is 2.29. The molecule has 17 heavy (non-hydrogen) atoms. The van der Waals surface area contributed by atoms with Gasteiger partial charge >= 0.3 is 6.03 Å². The average molecular weight is 239 g/mol. The lowest BCUT2D eigenvalue weighted by Gasteiger charge is -2.11. The van der Waals surface area contributed by atoms with Gasteiger partial charge < -0.3 is 15.5 Å². The third-order valence-corrected chi connectivity index (χ3v) is 2.00. The van der Waals surface area contributed by atoms with E-state index in [4.69, 9.17) is 0 Å². The topological polar surface area (TPSA) is 61.4 Å². The second-order valence-corrected chi connectivity index (χ2v) is 3.60. The third kappa shape index (κ3) is 4.50. The molecule has 0 aliphatic heterocycles. The van der Waals surface area contributed by atoms with Gasteiger partial charge in [-0.2, -0.15) is 0 Å². The van der Waals surface area contributed by atoms with Gasteiger partial charge in [0.1, 0.15) is 5.82 Å². The number of carbonyl (C=O) groups is 2. The van der Waals surface area contributed by atoms with E-state index in [1.165, 1.54) is 29.2 Å². The van der Waals surface area contributed by atoms with Crippen LogP contribution in [0, 0.1) is 5.82 Å². The number of carbonyl (C=O) groups excluding carboxylic acids is 2. The Hall–Kier alpha value is -2.11. The number of amides is 3. The second-order valence-electron chi connectivity index (χ2n) is 3.60. The van der Waals surface area contributed by atoms with E-state index in [0.29, 0.717) is 5.69 Å². The smallest absolute Gasteiger partial charge is 0.319 e. The van der Waals surface area contributed by atoms with Crippen molar-refractivity contribution in [2.75, 3.05) is 26.0 Å². The molecule has 2 N–H and O–H groups in total. The molecule has 3 amide bonds. The van der Waals surface area contributed by atoms with Gasteiger partial charge in [-0.3, -0.25) is 4.79 Å². The predicted molar refractivity (Wildman–Crippen MR) is 62.1 cm³/mol. The summed E-state index contributed by atoms with van der Waals surface area (Å²) >= 11 is 0. The van der Waals surface area contributed by atoms with Gasteiger partial charge in [0.2, 0.25) is 5.91 Å². The summed E-state index contributed by atoms with van der Waals surface area (Å²) in [5.74, 6) is -0.585. The van der Waals surface area contributed by atoms with Crippen LogP contribution >= 0.6 is 0 Å². The van der Waals surface area contributed by atoms with Crippen molar-refractivity contribution in [3.8, 4) is 0 Å². The number of likely N-dealkylation sites (N-methyl/N-ethyl adjacent to an activating group) is 1. The Labute approximate surface area is 98.6 Å². The molecule has 0 aromatic heterocycles. The first kappa shape index (κ1) is 13.0. The van der Waals surface area contributed by atoms with E-state index in [-0.39, 0.29) is 18.3 Å². The van der Waals surface area contributed by atoms with E-state index < -0.39 is 6.03 Å². The minimum Gasteiger partial charge on any atom is -0.347 e. The molecule has 0 bridgehead atoms. The number of nitrogens with zero attached hydrogens (tertiary/aromatic N) is 1. The van der Waals surface area contributed by atoms with Gasteiger partial charge in [-0.05, 0) is 24.3 Å². The van der Waals surface area contributed by atoms with Crippen LogP contribution in [0.5, 0.6) is 0 Å². The van der Waals surface area contributed by atoms with Crippen LogP contribution in [0.15, 0.2) is 24.3 Å². The van der Waals surface area contributed by atoms with Crippen molar-refractivity contribution in [3.05, 3.63) is 30.1 Å². The van der Waals surface area contributed by atoms with Crippen molar-refractivity contribution in [2.45, 2.75) is 0 Å². The van der Waals surface area contributed by atoms with Crippen molar-refractivity contribution in [1.82, 2.24) is 10.2 Å². The van der Waals surface area contributed by atoms with Crippen LogP contribution in [-0.4, -0.2) is 37.5 Å². The molecule has 0 unspecified atom stereocenters. The standard InChI is InChI=1S/C11H14FN3O2/c1-15(2)10(16)7-13-11(17)14-9-5-3-8(12)4-6-9/h3-6H,7H2,1-2H3,(H2,13,14,17). The number of anilines is 1. The summed E-state index contributed by atoms with van der Waals surface area (Å²) in [6, 6.07) is 4.83. The van der Waals surface area contributed by atoms with Gasteiger partial charge in [0.25, 0.3) is 0 Å². The van der Waals surface area contributed by atoms with Crippen molar-refractivity contribution in [1.29, 1.82) is 0 Å². The van der Waals surface area contributed by atoms with Crippen LogP contribution in [-0.2, 0) is 4.79 Å². The summed E-state index contributed by atoms with van der Waals surface area (Å²) in [7, 11) is 3.20. The molecule has 0 saturated carbocycles. The Morgan fingerprint density at radius 2 is 1.82 bits per heavy atom. The number of nitrogens with one attached hydrogen (secondary N) is 2. The van der Waals surface area contributed by atoms with Crippen molar-refractivity contribution >= 4 is 17.6 Å². The monoisotopic (exact) mass is 239 g/mol. The van der Waals surface area contributed by atoms with E-state index >= 15 is 0 Å². The molecule has 0 fully saturated rings. The molecule has 1 aromatic carbocycles. The molecule has 0 atom stereocenters. The summed E-state index contributed by atoms with van der Waals surface area (Å²) in [6.45, 7) is -0.0833. The van der Waals surface area contributed by atoms with E-state index in [0.717, 1.165) is 0 Å². The van der Waals surface area contributed by atoms with E-state index in [2.05, 4.69) is 10.6 Å². The van der Waals surface area contributed by atoms with Gasteiger partial charge in [-0.1, -0.05) is 0 Å². The largest absolute Gasteiger partial charge is 0.347 e. The summed E-state index contributed by atoms with van der Waals surface area (Å²) in [4.78, 5) is 23.9. The lowest BCUT2D eigenvalue weighted by Crippen LogP contribution is -2.38. The molecule has 1 rings (SSSR count). The Balaban J connectivity index is 2.40. The maximum Gasteiger partial charge on any atom is 0.319 e. The van der Waals surface area contributed by atoms with Crippen LogP contribution in [0.3, 0.4) is 0 Å². The first-order valence-electron chi connectivity index (χ1n) is 4.99. The quantitative estimate of drug-likeness (QED) is 0.827. The molecule has 0 heterocycles. The van der Waals surface area contributed by atoms with Crippen LogP contribution in [0.1, 0.15) is 0 Å². The number of rotatable bonds is 3. The number of urea groups is 1. The fourth-order valence-corrected chi connectivity index (χ4v) is 1.02. The molecule has 0 aliphatic rings. The Morgan fingerprint density at radius 3 is 2.35 bits per heavy atom. The highest BCUT2D eigenvalue weighted by Crippen LogP contribution is 2.07. The van der Waals surface area contributed by atoms with Crippen molar-refractivity contribution < 1.29 is 14.0 Å². The number of hydrogen-bond acceptors (Lipinski definition) is 2. The molecule has 5 nitrogen and oxygen atoms in total.